The Balaban J connectivity index is 2.00. The van der Waals surface area contributed by atoms with Crippen LogP contribution in [0.3, 0.4) is 0 Å². The molecule has 2 N–H and O–H groups in total. The molecule has 1 aromatic heterocycles. The number of thiazole rings is 1. The number of urea groups is 1. The summed E-state index contributed by atoms with van der Waals surface area (Å²) in [6.07, 6.45) is 0. The van der Waals surface area contributed by atoms with Crippen LogP contribution in [0.4, 0.5) is 24.4 Å². The summed E-state index contributed by atoms with van der Waals surface area (Å²) in [5.41, 5.74) is -0.407. The van der Waals surface area contributed by atoms with Gasteiger partial charge in [0.25, 0.3) is 5.78 Å². The molecule has 0 aliphatic rings. The van der Waals surface area contributed by atoms with Crippen molar-refractivity contribution in [2.75, 3.05) is 17.2 Å². The SMILES string of the molecule is CCOC(=O)C(=O)c1csc(NC(=O)Nc2ccc(F)cc2F)n1. The highest BCUT2D eigenvalue weighted by Crippen LogP contribution is 2.18. The Hall–Kier alpha value is -2.88. The largest absolute Gasteiger partial charge is 0.460 e. The summed E-state index contributed by atoms with van der Waals surface area (Å²) in [4.78, 5) is 38.5. The number of ether oxygens (including phenoxy) is 1. The monoisotopic (exact) mass is 355 g/mol. The van der Waals surface area contributed by atoms with E-state index < -0.39 is 29.4 Å². The quantitative estimate of drug-likeness (QED) is 0.488. The van der Waals surface area contributed by atoms with Crippen molar-refractivity contribution in [2.24, 2.45) is 0 Å². The molecule has 0 saturated heterocycles. The van der Waals surface area contributed by atoms with E-state index in [1.807, 2.05) is 0 Å². The van der Waals surface area contributed by atoms with Crippen molar-refractivity contribution in [3.63, 3.8) is 0 Å². The van der Waals surface area contributed by atoms with Gasteiger partial charge in [0.05, 0.1) is 12.3 Å². The van der Waals surface area contributed by atoms with Gasteiger partial charge < -0.3 is 10.1 Å². The van der Waals surface area contributed by atoms with Crippen LogP contribution in [-0.2, 0) is 9.53 Å². The van der Waals surface area contributed by atoms with Crippen LogP contribution in [0.5, 0.6) is 0 Å². The third-order valence-corrected chi connectivity index (χ3v) is 3.36. The first-order valence-electron chi connectivity index (χ1n) is 6.60. The van der Waals surface area contributed by atoms with E-state index in [0.717, 1.165) is 23.5 Å². The third kappa shape index (κ3) is 4.32. The zero-order valence-corrected chi connectivity index (χ0v) is 13.1. The van der Waals surface area contributed by atoms with Crippen molar-refractivity contribution in [3.8, 4) is 0 Å². The van der Waals surface area contributed by atoms with Gasteiger partial charge in [0, 0.05) is 11.4 Å². The molecule has 0 fully saturated rings. The zero-order chi connectivity index (χ0) is 17.7. The smallest absolute Gasteiger partial charge is 0.381 e. The normalized spacial score (nSPS) is 10.1. The second-order valence-electron chi connectivity index (χ2n) is 4.29. The maximum atomic E-state index is 13.4. The molecular weight excluding hydrogens is 344 g/mol. The fourth-order valence-corrected chi connectivity index (χ4v) is 2.26. The fraction of sp³-hybridized carbons (Fsp3) is 0.143. The second kappa shape index (κ2) is 7.59. The predicted molar refractivity (Wildman–Crippen MR) is 82.1 cm³/mol. The first-order chi connectivity index (χ1) is 11.4. The van der Waals surface area contributed by atoms with Gasteiger partial charge in [0.1, 0.15) is 17.3 Å². The summed E-state index contributed by atoms with van der Waals surface area (Å²) < 4.78 is 30.8. The summed E-state index contributed by atoms with van der Waals surface area (Å²) in [6.45, 7) is 1.60. The van der Waals surface area contributed by atoms with Gasteiger partial charge in [-0.2, -0.15) is 0 Å². The van der Waals surface area contributed by atoms with Crippen molar-refractivity contribution in [1.82, 2.24) is 4.98 Å². The Bertz CT molecular complexity index is 794. The molecule has 0 aliphatic heterocycles. The van der Waals surface area contributed by atoms with Crippen LogP contribution < -0.4 is 10.6 Å². The second-order valence-corrected chi connectivity index (χ2v) is 5.15. The number of carbonyl (C=O) groups excluding carboxylic acids is 3. The highest BCUT2D eigenvalue weighted by molar-refractivity contribution is 7.14. The van der Waals surface area contributed by atoms with Crippen LogP contribution >= 0.6 is 11.3 Å². The predicted octanol–water partition coefficient (Wildman–Crippen LogP) is 2.81. The van der Waals surface area contributed by atoms with Gasteiger partial charge in [-0.3, -0.25) is 10.1 Å². The van der Waals surface area contributed by atoms with Gasteiger partial charge in [0.15, 0.2) is 5.13 Å². The number of ketones is 1. The maximum Gasteiger partial charge on any atom is 0.381 e. The molecule has 24 heavy (non-hydrogen) atoms. The van der Waals surface area contributed by atoms with Gasteiger partial charge in [-0.05, 0) is 19.1 Å². The average molecular weight is 355 g/mol. The van der Waals surface area contributed by atoms with Crippen LogP contribution in [0, 0.1) is 11.6 Å². The molecule has 7 nitrogen and oxygen atoms in total. The lowest BCUT2D eigenvalue weighted by Crippen LogP contribution is -2.21. The lowest BCUT2D eigenvalue weighted by molar-refractivity contribution is -0.137. The molecule has 0 atom stereocenters. The lowest BCUT2D eigenvalue weighted by atomic mass is 10.3. The molecule has 1 aromatic carbocycles. The fourth-order valence-electron chi connectivity index (χ4n) is 1.58. The molecule has 0 radical (unpaired) electrons. The van der Waals surface area contributed by atoms with E-state index in [2.05, 4.69) is 20.4 Å². The number of hydrogen-bond acceptors (Lipinski definition) is 6. The molecule has 2 aromatic rings. The number of anilines is 2. The number of nitrogens with zero attached hydrogens (tertiary/aromatic N) is 1. The molecule has 2 amide bonds. The highest BCUT2D eigenvalue weighted by atomic mass is 32.1. The Morgan fingerprint density at radius 1 is 1.25 bits per heavy atom. The molecule has 1 heterocycles. The number of aromatic nitrogens is 1. The number of rotatable bonds is 5. The summed E-state index contributed by atoms with van der Waals surface area (Å²) in [7, 11) is 0. The van der Waals surface area contributed by atoms with Crippen LogP contribution in [0.1, 0.15) is 17.4 Å². The third-order valence-electron chi connectivity index (χ3n) is 2.60. The van der Waals surface area contributed by atoms with Crippen LogP contribution in [0.25, 0.3) is 0 Å². The Morgan fingerprint density at radius 3 is 2.67 bits per heavy atom. The van der Waals surface area contributed by atoms with Gasteiger partial charge >= 0.3 is 12.0 Å². The van der Waals surface area contributed by atoms with Crippen molar-refractivity contribution in [2.45, 2.75) is 6.92 Å². The molecule has 0 spiro atoms. The van der Waals surface area contributed by atoms with Crippen LogP contribution in [-0.4, -0.2) is 29.4 Å². The van der Waals surface area contributed by atoms with Crippen LogP contribution in [0.2, 0.25) is 0 Å². The highest BCUT2D eigenvalue weighted by Gasteiger charge is 2.21. The first-order valence-corrected chi connectivity index (χ1v) is 7.48. The number of Topliss-reactive ketones (excluding diaryl/α,β-unsaturated/α-hetero) is 1. The summed E-state index contributed by atoms with van der Waals surface area (Å²) in [6, 6.07) is 1.82. The zero-order valence-electron chi connectivity index (χ0n) is 12.3. The molecule has 0 aliphatic carbocycles. The first kappa shape index (κ1) is 17.5. The molecule has 10 heteroatoms. The van der Waals surface area contributed by atoms with Gasteiger partial charge in [-0.15, -0.1) is 11.3 Å². The number of carbonyl (C=O) groups is 3. The van der Waals surface area contributed by atoms with Gasteiger partial charge in [-0.1, -0.05) is 0 Å². The number of amides is 2. The number of benzene rings is 1. The van der Waals surface area contributed by atoms with E-state index in [-0.39, 0.29) is 23.1 Å². The van der Waals surface area contributed by atoms with Crippen LogP contribution in [0.15, 0.2) is 23.6 Å². The van der Waals surface area contributed by atoms with E-state index >= 15 is 0 Å². The summed E-state index contributed by atoms with van der Waals surface area (Å²) in [5, 5.41) is 5.72. The molecular formula is C14H11F2N3O4S. The van der Waals surface area contributed by atoms with Crippen molar-refractivity contribution in [3.05, 3.63) is 40.9 Å². The molecule has 2 rings (SSSR count). The molecule has 0 unspecified atom stereocenters. The van der Waals surface area contributed by atoms with E-state index in [9.17, 15) is 23.2 Å². The average Bonchev–Trinajstić information content (AvgIpc) is 2.98. The van der Waals surface area contributed by atoms with Crippen molar-refractivity contribution in [1.29, 1.82) is 0 Å². The number of nitrogens with one attached hydrogen (secondary N) is 2. The van der Waals surface area contributed by atoms with E-state index in [0.29, 0.717) is 6.07 Å². The standard InChI is InChI=1S/C14H11F2N3O4S/c1-2-23-12(21)11(20)10-6-24-14(18-10)19-13(22)17-9-4-3-7(15)5-8(9)16/h3-6H,2H2,1H3,(H2,17,18,19,22). The minimum atomic E-state index is -1.05. The Labute approximate surface area is 138 Å². The van der Waals surface area contributed by atoms with Gasteiger partial charge in [-0.25, -0.2) is 23.4 Å². The Morgan fingerprint density at radius 2 is 2.00 bits per heavy atom. The maximum absolute atomic E-state index is 13.4. The molecule has 126 valence electrons. The van der Waals surface area contributed by atoms with E-state index in [1.54, 1.807) is 6.92 Å². The molecule has 0 saturated carbocycles. The minimum absolute atomic E-state index is 0.0164. The summed E-state index contributed by atoms with van der Waals surface area (Å²) in [5.74, 6) is -3.71. The topological polar surface area (TPSA) is 97.4 Å². The van der Waals surface area contributed by atoms with E-state index in [4.69, 9.17) is 0 Å². The lowest BCUT2D eigenvalue weighted by Gasteiger charge is -2.06. The summed E-state index contributed by atoms with van der Waals surface area (Å²) >= 11 is 0.893. The van der Waals surface area contributed by atoms with Gasteiger partial charge in [0.2, 0.25) is 0 Å². The number of halogens is 2. The minimum Gasteiger partial charge on any atom is -0.460 e. The number of esters is 1. The van der Waals surface area contributed by atoms with Crippen molar-refractivity contribution >= 4 is 39.9 Å². The van der Waals surface area contributed by atoms with E-state index in [1.165, 1.54) is 5.38 Å². The Kier molecular flexibility index (Phi) is 5.53. The number of hydrogen-bond donors (Lipinski definition) is 2. The van der Waals surface area contributed by atoms with Crippen molar-refractivity contribution < 1.29 is 27.9 Å². The molecule has 0 bridgehead atoms.